The van der Waals surface area contributed by atoms with Crippen LogP contribution in [0.5, 0.6) is 5.75 Å². The Labute approximate surface area is 178 Å². The van der Waals surface area contributed by atoms with Crippen LogP contribution in [-0.2, 0) is 19.6 Å². The number of aromatic nitrogens is 5. The molecule has 4 aromatic rings. The molecule has 0 unspecified atom stereocenters. The van der Waals surface area contributed by atoms with E-state index in [0.29, 0.717) is 44.2 Å². The highest BCUT2D eigenvalue weighted by Gasteiger charge is 2.15. The summed E-state index contributed by atoms with van der Waals surface area (Å²) in [6.07, 6.45) is 1.60. The second-order valence-corrected chi connectivity index (χ2v) is 7.07. The minimum absolute atomic E-state index is 0.0558. The molecule has 0 fully saturated rings. The van der Waals surface area contributed by atoms with Crippen LogP contribution >= 0.6 is 0 Å². The molecule has 0 atom stereocenters. The number of furan rings is 1. The average Bonchev–Trinajstić information content (AvgIpc) is 3.42. The second kappa shape index (κ2) is 9.54. The van der Waals surface area contributed by atoms with Gasteiger partial charge in [-0.05, 0) is 53.7 Å². The van der Waals surface area contributed by atoms with Crippen molar-refractivity contribution in [3.63, 3.8) is 0 Å². The number of aliphatic hydroxyl groups is 1. The third-order valence-electron chi connectivity index (χ3n) is 4.87. The summed E-state index contributed by atoms with van der Waals surface area (Å²) in [4.78, 5) is 17.5. The van der Waals surface area contributed by atoms with E-state index in [-0.39, 0.29) is 12.2 Å². The maximum Gasteiger partial charge on any atom is 0.252 e. The molecule has 0 saturated carbocycles. The number of fused-ring (bicyclic) bond motifs is 1. The SMILES string of the molecule is CCOc1ccc2[nH]c(=O)c(CN(CCO)Cc3nnnn3Cc3ccco3)cc2c1. The van der Waals surface area contributed by atoms with Gasteiger partial charge in [0.25, 0.3) is 5.56 Å². The van der Waals surface area contributed by atoms with Gasteiger partial charge in [-0.2, -0.15) is 0 Å². The van der Waals surface area contributed by atoms with E-state index in [1.807, 2.05) is 42.2 Å². The van der Waals surface area contributed by atoms with Gasteiger partial charge in [0.2, 0.25) is 0 Å². The minimum atomic E-state index is -0.172. The number of H-pyrrole nitrogens is 1. The molecule has 0 saturated heterocycles. The normalized spacial score (nSPS) is 11.5. The number of nitrogens with zero attached hydrogens (tertiary/aromatic N) is 5. The summed E-state index contributed by atoms with van der Waals surface area (Å²) < 4.78 is 12.6. The second-order valence-electron chi connectivity index (χ2n) is 7.07. The predicted molar refractivity (Wildman–Crippen MR) is 113 cm³/mol. The number of hydrogen-bond donors (Lipinski definition) is 2. The van der Waals surface area contributed by atoms with Crippen molar-refractivity contribution in [2.45, 2.75) is 26.6 Å². The molecule has 3 heterocycles. The molecule has 0 amide bonds. The van der Waals surface area contributed by atoms with Gasteiger partial charge >= 0.3 is 0 Å². The van der Waals surface area contributed by atoms with Crippen molar-refractivity contribution in [1.82, 2.24) is 30.1 Å². The molecule has 1 aromatic carbocycles. The molecule has 3 aromatic heterocycles. The fraction of sp³-hybridized carbons (Fsp3) is 0.333. The minimum Gasteiger partial charge on any atom is -0.494 e. The number of benzene rings is 1. The summed E-state index contributed by atoms with van der Waals surface area (Å²) in [7, 11) is 0. The lowest BCUT2D eigenvalue weighted by molar-refractivity contribution is 0.178. The van der Waals surface area contributed by atoms with Crippen molar-refractivity contribution >= 4 is 10.9 Å². The van der Waals surface area contributed by atoms with Gasteiger partial charge in [-0.1, -0.05) is 0 Å². The van der Waals surface area contributed by atoms with E-state index in [2.05, 4.69) is 20.5 Å². The van der Waals surface area contributed by atoms with E-state index in [0.717, 1.165) is 22.4 Å². The van der Waals surface area contributed by atoms with E-state index in [1.54, 1.807) is 17.0 Å². The molecule has 31 heavy (non-hydrogen) atoms. The quantitative estimate of drug-likeness (QED) is 0.393. The fourth-order valence-corrected chi connectivity index (χ4v) is 3.41. The van der Waals surface area contributed by atoms with Crippen LogP contribution in [0.25, 0.3) is 10.9 Å². The van der Waals surface area contributed by atoms with Gasteiger partial charge in [-0.25, -0.2) is 4.68 Å². The average molecular weight is 424 g/mol. The number of rotatable bonds is 10. The van der Waals surface area contributed by atoms with Crippen LogP contribution in [0.1, 0.15) is 24.1 Å². The number of aliphatic hydroxyl groups excluding tert-OH is 1. The topological polar surface area (TPSA) is 122 Å². The number of tetrazole rings is 1. The van der Waals surface area contributed by atoms with E-state index >= 15 is 0 Å². The molecule has 0 aliphatic heterocycles. The fourth-order valence-electron chi connectivity index (χ4n) is 3.41. The van der Waals surface area contributed by atoms with Crippen LogP contribution < -0.4 is 10.3 Å². The summed E-state index contributed by atoms with van der Waals surface area (Å²) in [5, 5.41) is 22.3. The third-order valence-corrected chi connectivity index (χ3v) is 4.87. The van der Waals surface area contributed by atoms with E-state index < -0.39 is 0 Å². The molecular weight excluding hydrogens is 400 g/mol. The van der Waals surface area contributed by atoms with Gasteiger partial charge in [0.05, 0.1) is 26.0 Å². The number of nitrogens with one attached hydrogen (secondary N) is 1. The molecule has 10 nitrogen and oxygen atoms in total. The highest BCUT2D eigenvalue weighted by Crippen LogP contribution is 2.20. The van der Waals surface area contributed by atoms with Crippen LogP contribution in [0.4, 0.5) is 0 Å². The van der Waals surface area contributed by atoms with Crippen LogP contribution in [0.15, 0.2) is 51.9 Å². The monoisotopic (exact) mass is 424 g/mol. The molecule has 0 aliphatic rings. The Morgan fingerprint density at radius 2 is 2.16 bits per heavy atom. The van der Waals surface area contributed by atoms with Crippen molar-refractivity contribution in [2.24, 2.45) is 0 Å². The maximum atomic E-state index is 12.6. The lowest BCUT2D eigenvalue weighted by Gasteiger charge is -2.20. The summed E-state index contributed by atoms with van der Waals surface area (Å²) in [5.41, 5.74) is 1.16. The summed E-state index contributed by atoms with van der Waals surface area (Å²) in [6.45, 7) is 3.90. The van der Waals surface area contributed by atoms with E-state index in [9.17, 15) is 9.90 Å². The summed E-state index contributed by atoms with van der Waals surface area (Å²) in [5.74, 6) is 2.09. The number of pyridine rings is 1. The van der Waals surface area contributed by atoms with Crippen LogP contribution in [0, 0.1) is 0 Å². The summed E-state index contributed by atoms with van der Waals surface area (Å²) >= 11 is 0. The van der Waals surface area contributed by atoms with Crippen LogP contribution in [0.3, 0.4) is 0 Å². The van der Waals surface area contributed by atoms with Crippen molar-refractivity contribution in [3.8, 4) is 5.75 Å². The van der Waals surface area contributed by atoms with Crippen molar-refractivity contribution in [2.75, 3.05) is 19.8 Å². The molecule has 4 rings (SSSR count). The molecule has 0 spiro atoms. The Morgan fingerprint density at radius 3 is 2.94 bits per heavy atom. The van der Waals surface area contributed by atoms with Crippen LogP contribution in [0.2, 0.25) is 0 Å². The lowest BCUT2D eigenvalue weighted by atomic mass is 10.1. The van der Waals surface area contributed by atoms with Crippen LogP contribution in [-0.4, -0.2) is 55.0 Å². The van der Waals surface area contributed by atoms with Crippen molar-refractivity contribution < 1.29 is 14.3 Å². The Bertz CT molecular complexity index is 1180. The Hall–Kier alpha value is -3.50. The van der Waals surface area contributed by atoms with Crippen molar-refractivity contribution in [1.29, 1.82) is 0 Å². The van der Waals surface area contributed by atoms with Gasteiger partial charge in [0.15, 0.2) is 5.82 Å². The van der Waals surface area contributed by atoms with Gasteiger partial charge in [-0.15, -0.1) is 5.10 Å². The van der Waals surface area contributed by atoms with Gasteiger partial charge in [-0.3, -0.25) is 9.69 Å². The molecule has 0 bridgehead atoms. The molecule has 0 radical (unpaired) electrons. The molecule has 2 N–H and O–H groups in total. The molecule has 162 valence electrons. The molecular formula is C21H24N6O4. The Morgan fingerprint density at radius 1 is 1.26 bits per heavy atom. The lowest BCUT2D eigenvalue weighted by Crippen LogP contribution is -2.30. The first-order valence-corrected chi connectivity index (χ1v) is 10.1. The first kappa shape index (κ1) is 20.8. The Kier molecular flexibility index (Phi) is 6.39. The van der Waals surface area contributed by atoms with Gasteiger partial charge in [0, 0.05) is 29.6 Å². The zero-order valence-electron chi connectivity index (χ0n) is 17.2. The van der Waals surface area contributed by atoms with Gasteiger partial charge < -0.3 is 19.2 Å². The van der Waals surface area contributed by atoms with Gasteiger partial charge in [0.1, 0.15) is 18.1 Å². The van der Waals surface area contributed by atoms with Crippen molar-refractivity contribution in [3.05, 3.63) is 70.2 Å². The summed E-state index contributed by atoms with van der Waals surface area (Å²) in [6, 6.07) is 11.1. The third kappa shape index (κ3) is 4.98. The largest absolute Gasteiger partial charge is 0.494 e. The smallest absolute Gasteiger partial charge is 0.252 e. The van der Waals surface area contributed by atoms with E-state index in [1.165, 1.54) is 0 Å². The maximum absolute atomic E-state index is 12.6. The predicted octanol–water partition coefficient (Wildman–Crippen LogP) is 1.55. The number of aromatic amines is 1. The van der Waals surface area contributed by atoms with E-state index in [4.69, 9.17) is 9.15 Å². The first-order chi connectivity index (χ1) is 15.2. The number of hydrogen-bond acceptors (Lipinski definition) is 8. The zero-order chi connectivity index (χ0) is 21.6. The number of ether oxygens (including phenoxy) is 1. The highest BCUT2D eigenvalue weighted by atomic mass is 16.5. The zero-order valence-corrected chi connectivity index (χ0v) is 17.2. The first-order valence-electron chi connectivity index (χ1n) is 10.1. The molecule has 0 aliphatic carbocycles. The Balaban J connectivity index is 1.56. The highest BCUT2D eigenvalue weighted by molar-refractivity contribution is 5.80. The standard InChI is InChI=1S/C21H24N6O4/c1-2-30-17-5-6-19-15(11-17)10-16(21(29)22-19)12-26(7-8-28)14-20-23-24-25-27(20)13-18-4-3-9-31-18/h3-6,9-11,28H,2,7-8,12-14H2,1H3,(H,22,29). The molecule has 10 heteroatoms.